The first-order valence-corrected chi connectivity index (χ1v) is 10.1. The first kappa shape index (κ1) is 19.9. The lowest BCUT2D eigenvalue weighted by Gasteiger charge is -2.18. The van der Waals surface area contributed by atoms with Gasteiger partial charge in [0.05, 0.1) is 20.4 Å². The second-order valence-corrected chi connectivity index (χ2v) is 7.42. The zero-order chi connectivity index (χ0) is 20.9. The zero-order valence-electron chi connectivity index (χ0n) is 17.3. The zero-order valence-corrected chi connectivity index (χ0v) is 17.3. The highest BCUT2D eigenvalue weighted by atomic mass is 16.5. The number of hydrogen-bond acceptors (Lipinski definition) is 5. The van der Waals surface area contributed by atoms with Gasteiger partial charge in [-0.15, -0.1) is 5.10 Å². The van der Waals surface area contributed by atoms with Gasteiger partial charge in [0.1, 0.15) is 0 Å². The molecule has 3 aromatic rings. The number of rotatable bonds is 7. The highest BCUT2D eigenvalue weighted by Gasteiger charge is 2.31. The second-order valence-electron chi connectivity index (χ2n) is 7.42. The maximum absolute atomic E-state index is 12.9. The fraction of sp³-hybridized carbons (Fsp3) is 0.348. The maximum Gasteiger partial charge on any atom is 0.276 e. The Morgan fingerprint density at radius 3 is 2.70 bits per heavy atom. The van der Waals surface area contributed by atoms with E-state index in [1.807, 2.05) is 41.3 Å². The summed E-state index contributed by atoms with van der Waals surface area (Å²) in [4.78, 5) is 14.8. The van der Waals surface area contributed by atoms with Crippen molar-refractivity contribution >= 4 is 5.91 Å². The van der Waals surface area contributed by atoms with Crippen molar-refractivity contribution in [1.29, 1.82) is 0 Å². The van der Waals surface area contributed by atoms with Crippen molar-refractivity contribution in [2.24, 2.45) is 0 Å². The summed E-state index contributed by atoms with van der Waals surface area (Å²) in [6, 6.07) is 16.1. The number of aromatic nitrogens is 3. The smallest absolute Gasteiger partial charge is 0.276 e. The van der Waals surface area contributed by atoms with Gasteiger partial charge in [-0.2, -0.15) is 0 Å². The van der Waals surface area contributed by atoms with Crippen molar-refractivity contribution in [3.05, 3.63) is 71.5 Å². The molecule has 1 aliphatic rings. The number of ether oxygens (including phenoxy) is 2. The van der Waals surface area contributed by atoms with Crippen LogP contribution >= 0.6 is 0 Å². The first-order valence-electron chi connectivity index (χ1n) is 10.1. The quantitative estimate of drug-likeness (QED) is 0.603. The minimum Gasteiger partial charge on any atom is -0.493 e. The van der Waals surface area contributed by atoms with E-state index in [0.717, 1.165) is 24.2 Å². The first-order chi connectivity index (χ1) is 14.7. The van der Waals surface area contributed by atoms with Gasteiger partial charge in [-0.1, -0.05) is 47.7 Å². The van der Waals surface area contributed by atoms with Gasteiger partial charge in [0.2, 0.25) is 0 Å². The molecule has 0 spiro atoms. The molecule has 1 atom stereocenters. The summed E-state index contributed by atoms with van der Waals surface area (Å²) in [6.45, 7) is 1.99. The molecule has 1 aromatic heterocycles. The number of methoxy groups -OCH3 is 2. The van der Waals surface area contributed by atoms with Crippen LogP contribution in [0.2, 0.25) is 0 Å². The van der Waals surface area contributed by atoms with Crippen molar-refractivity contribution < 1.29 is 14.3 Å². The largest absolute Gasteiger partial charge is 0.493 e. The minimum absolute atomic E-state index is 0.0784. The molecule has 0 N–H and O–H groups in total. The van der Waals surface area contributed by atoms with E-state index in [1.165, 1.54) is 5.56 Å². The molecular weight excluding hydrogens is 380 g/mol. The van der Waals surface area contributed by atoms with E-state index in [1.54, 1.807) is 25.1 Å². The third-order valence-electron chi connectivity index (χ3n) is 5.58. The third-order valence-corrected chi connectivity index (χ3v) is 5.58. The molecule has 4 rings (SSSR count). The molecule has 1 aliphatic heterocycles. The second kappa shape index (κ2) is 8.98. The van der Waals surface area contributed by atoms with Crippen LogP contribution in [0.4, 0.5) is 0 Å². The Morgan fingerprint density at radius 2 is 1.93 bits per heavy atom. The van der Waals surface area contributed by atoms with Crippen LogP contribution in [0.15, 0.2) is 54.7 Å². The fourth-order valence-electron chi connectivity index (χ4n) is 3.99. The van der Waals surface area contributed by atoms with Gasteiger partial charge in [-0.3, -0.25) is 9.48 Å². The average Bonchev–Trinajstić information content (AvgIpc) is 3.47. The van der Waals surface area contributed by atoms with Crippen molar-refractivity contribution in [1.82, 2.24) is 19.9 Å². The molecule has 156 valence electrons. The van der Waals surface area contributed by atoms with E-state index in [0.29, 0.717) is 31.1 Å². The van der Waals surface area contributed by atoms with Gasteiger partial charge >= 0.3 is 0 Å². The molecule has 1 saturated heterocycles. The summed E-state index contributed by atoms with van der Waals surface area (Å²) in [5, 5.41) is 8.24. The summed E-state index contributed by atoms with van der Waals surface area (Å²) in [7, 11) is 3.28. The van der Waals surface area contributed by atoms with Gasteiger partial charge in [-0.25, -0.2) is 0 Å². The Labute approximate surface area is 176 Å². The molecule has 0 saturated carbocycles. The molecule has 2 aromatic carbocycles. The molecule has 0 bridgehead atoms. The number of nitrogens with zero attached hydrogens (tertiary/aromatic N) is 4. The molecule has 1 amide bonds. The maximum atomic E-state index is 12.9. The van der Waals surface area contributed by atoms with E-state index < -0.39 is 0 Å². The van der Waals surface area contributed by atoms with Gasteiger partial charge < -0.3 is 14.4 Å². The van der Waals surface area contributed by atoms with Crippen LogP contribution < -0.4 is 9.47 Å². The Morgan fingerprint density at radius 1 is 1.10 bits per heavy atom. The van der Waals surface area contributed by atoms with Crippen molar-refractivity contribution in [3.8, 4) is 11.5 Å². The molecule has 0 radical (unpaired) electrons. The molecule has 7 nitrogen and oxygen atoms in total. The van der Waals surface area contributed by atoms with Crippen LogP contribution in [0, 0.1) is 0 Å². The Kier molecular flexibility index (Phi) is 5.97. The summed E-state index contributed by atoms with van der Waals surface area (Å²) in [5.74, 6) is 1.57. The van der Waals surface area contributed by atoms with Crippen LogP contribution in [0.1, 0.15) is 34.0 Å². The minimum atomic E-state index is -0.0784. The molecule has 2 heterocycles. The Hall–Kier alpha value is -3.35. The average molecular weight is 406 g/mol. The van der Waals surface area contributed by atoms with Crippen LogP contribution in [0.3, 0.4) is 0 Å². The molecule has 7 heteroatoms. The lowest BCUT2D eigenvalue weighted by atomic mass is 9.97. The van der Waals surface area contributed by atoms with Crippen molar-refractivity contribution in [2.45, 2.75) is 25.3 Å². The van der Waals surface area contributed by atoms with Crippen LogP contribution in [-0.2, 0) is 13.0 Å². The van der Waals surface area contributed by atoms with E-state index in [4.69, 9.17) is 9.47 Å². The highest BCUT2D eigenvalue weighted by molar-refractivity contribution is 5.92. The summed E-state index contributed by atoms with van der Waals surface area (Å²) < 4.78 is 12.7. The summed E-state index contributed by atoms with van der Waals surface area (Å²) in [6.07, 6.45) is 3.46. The summed E-state index contributed by atoms with van der Waals surface area (Å²) >= 11 is 0. The molecule has 1 fully saturated rings. The Bertz CT molecular complexity index is 1000. The van der Waals surface area contributed by atoms with Crippen LogP contribution in [-0.4, -0.2) is 53.1 Å². The highest BCUT2D eigenvalue weighted by Crippen LogP contribution is 2.39. The van der Waals surface area contributed by atoms with Gasteiger partial charge in [0, 0.05) is 31.1 Å². The number of aryl methyl sites for hydroxylation is 2. The monoisotopic (exact) mass is 406 g/mol. The predicted molar refractivity (Wildman–Crippen MR) is 113 cm³/mol. The molecule has 30 heavy (non-hydrogen) atoms. The van der Waals surface area contributed by atoms with E-state index in [2.05, 4.69) is 22.4 Å². The number of likely N-dealkylation sites (tertiary alicyclic amines) is 1. The Balaban J connectivity index is 1.40. The van der Waals surface area contributed by atoms with Crippen LogP contribution in [0.25, 0.3) is 0 Å². The van der Waals surface area contributed by atoms with Crippen molar-refractivity contribution in [2.75, 3.05) is 27.3 Å². The standard InChI is InChI=1S/C23H26N4O3/c1-29-21-10-6-9-19(22(21)30-2)18-12-13-26(15-18)23(28)20-16-27(25-24-20)14-11-17-7-4-3-5-8-17/h3-10,16,18H,11-15H2,1-2H3/t18-/m0/s1. The number of benzene rings is 2. The normalized spacial score (nSPS) is 15.9. The lowest BCUT2D eigenvalue weighted by Crippen LogP contribution is -2.28. The van der Waals surface area contributed by atoms with Crippen LogP contribution in [0.5, 0.6) is 11.5 Å². The molecule has 0 unspecified atom stereocenters. The third kappa shape index (κ3) is 4.15. The fourth-order valence-corrected chi connectivity index (χ4v) is 3.99. The predicted octanol–water partition coefficient (Wildman–Crippen LogP) is 3.17. The summed E-state index contributed by atoms with van der Waals surface area (Å²) in [5.41, 5.74) is 2.69. The van der Waals surface area contributed by atoms with Gasteiger partial charge in [0.15, 0.2) is 17.2 Å². The van der Waals surface area contributed by atoms with E-state index in [-0.39, 0.29) is 11.8 Å². The van der Waals surface area contributed by atoms with Crippen molar-refractivity contribution in [3.63, 3.8) is 0 Å². The lowest BCUT2D eigenvalue weighted by molar-refractivity contribution is 0.0784. The number of carbonyl (C=O) groups excluding carboxylic acids is 1. The number of carbonyl (C=O) groups is 1. The van der Waals surface area contributed by atoms with E-state index >= 15 is 0 Å². The van der Waals surface area contributed by atoms with E-state index in [9.17, 15) is 4.79 Å². The SMILES string of the molecule is COc1cccc([C@H]2CCN(C(=O)c3cn(CCc4ccccc4)nn3)C2)c1OC. The number of para-hydroxylation sites is 1. The topological polar surface area (TPSA) is 69.5 Å². The molecular formula is C23H26N4O3. The van der Waals surface area contributed by atoms with Gasteiger partial charge in [-0.05, 0) is 24.5 Å². The number of hydrogen-bond donors (Lipinski definition) is 0. The molecule has 0 aliphatic carbocycles. The number of amides is 1. The van der Waals surface area contributed by atoms with Gasteiger partial charge in [0.25, 0.3) is 5.91 Å².